The number of Topliss-reactive ketones (excluding diaryl/α,β-unsaturated/α-hetero) is 1. The van der Waals surface area contributed by atoms with Crippen molar-refractivity contribution in [2.45, 2.75) is 38.6 Å². The Labute approximate surface area is 212 Å². The Kier molecular flexibility index (Phi) is 7.77. The van der Waals surface area contributed by atoms with Crippen LogP contribution < -0.4 is 10.1 Å². The first kappa shape index (κ1) is 26.5. The first-order chi connectivity index (χ1) is 17.5. The molecule has 1 fully saturated rings. The van der Waals surface area contributed by atoms with Gasteiger partial charge in [0.25, 0.3) is 0 Å². The molecule has 2 atom stereocenters. The summed E-state index contributed by atoms with van der Waals surface area (Å²) >= 11 is 0. The summed E-state index contributed by atoms with van der Waals surface area (Å²) in [6.45, 7) is 1.17. The fourth-order valence-electron chi connectivity index (χ4n) is 4.38. The molecule has 0 bridgehead atoms. The van der Waals surface area contributed by atoms with Gasteiger partial charge in [-0.3, -0.25) is 18.9 Å². The van der Waals surface area contributed by atoms with Crippen molar-refractivity contribution in [2.24, 2.45) is 0 Å². The molecule has 1 aliphatic heterocycles. The Hall–Kier alpha value is -3.53. The van der Waals surface area contributed by atoms with Crippen molar-refractivity contribution in [1.82, 2.24) is 14.8 Å². The lowest BCUT2D eigenvalue weighted by atomic mass is 10.1. The van der Waals surface area contributed by atoms with Crippen LogP contribution in [0.5, 0.6) is 5.75 Å². The van der Waals surface area contributed by atoms with E-state index < -0.39 is 38.0 Å². The molecule has 2 amide bonds. The maximum absolute atomic E-state index is 14.3. The van der Waals surface area contributed by atoms with Crippen molar-refractivity contribution in [2.75, 3.05) is 12.9 Å². The highest BCUT2D eigenvalue weighted by Gasteiger charge is 2.39. The summed E-state index contributed by atoms with van der Waals surface area (Å²) in [5, 5.41) is 3.20. The largest absolute Gasteiger partial charge is 0.481 e. The number of aromatic nitrogens is 1. The fourth-order valence-corrected chi connectivity index (χ4v) is 4.70. The Bertz CT molecular complexity index is 1370. The standard InChI is InChI=1S/C25H27FN3O7P/c1-16(30)21-13-28(22-8-7-19(10-20(21)22)36-15-37(33,34)35)14-24(31)29-12-18(26)9-23(29)25(32)27-11-17-5-3-2-4-6-17/h2-8,10,13,18,23H,9,11-12,14-15H2,1H3,(H,27,32)(H2,33,34,35)/t18-,23+/m1/s1. The van der Waals surface area contributed by atoms with Gasteiger partial charge in [0.1, 0.15) is 24.5 Å². The molecule has 0 aliphatic carbocycles. The molecular weight excluding hydrogens is 504 g/mol. The molecule has 3 N–H and O–H groups in total. The first-order valence-corrected chi connectivity index (χ1v) is 13.4. The van der Waals surface area contributed by atoms with E-state index in [0.717, 1.165) is 5.56 Å². The summed E-state index contributed by atoms with van der Waals surface area (Å²) in [4.78, 5) is 57.6. The molecule has 0 radical (unpaired) electrons. The molecule has 37 heavy (non-hydrogen) atoms. The number of fused-ring (bicyclic) bond motifs is 1. The summed E-state index contributed by atoms with van der Waals surface area (Å²) in [6.07, 6.45) is -0.761. The molecular formula is C25H27FN3O7P. The number of amides is 2. The number of alkyl halides is 1. The Morgan fingerprint density at radius 2 is 1.89 bits per heavy atom. The summed E-state index contributed by atoms with van der Waals surface area (Å²) < 4.78 is 32.1. The predicted octanol–water partition coefficient (Wildman–Crippen LogP) is 2.61. The smallest absolute Gasteiger partial charge is 0.362 e. The van der Waals surface area contributed by atoms with E-state index >= 15 is 0 Å². The minimum Gasteiger partial charge on any atom is -0.481 e. The number of likely N-dealkylation sites (tertiary alicyclic amines) is 1. The van der Waals surface area contributed by atoms with Crippen LogP contribution in [0.3, 0.4) is 0 Å². The highest BCUT2D eigenvalue weighted by Crippen LogP contribution is 2.35. The van der Waals surface area contributed by atoms with Crippen molar-refractivity contribution in [3.63, 3.8) is 0 Å². The van der Waals surface area contributed by atoms with Crippen LogP contribution in [-0.2, 0) is 27.2 Å². The zero-order chi connectivity index (χ0) is 26.7. The maximum Gasteiger partial charge on any atom is 0.362 e. The Morgan fingerprint density at radius 1 is 1.16 bits per heavy atom. The number of ether oxygens (including phenoxy) is 1. The van der Waals surface area contributed by atoms with Gasteiger partial charge in [0.2, 0.25) is 11.8 Å². The van der Waals surface area contributed by atoms with Crippen LogP contribution in [0.2, 0.25) is 0 Å². The summed E-state index contributed by atoms with van der Waals surface area (Å²) in [5.41, 5.74) is 1.66. The molecule has 196 valence electrons. The topological polar surface area (TPSA) is 138 Å². The second-order valence-corrected chi connectivity index (χ2v) is 10.5. The van der Waals surface area contributed by atoms with E-state index in [1.54, 1.807) is 6.07 Å². The van der Waals surface area contributed by atoms with Crippen LogP contribution in [0.15, 0.2) is 54.7 Å². The molecule has 0 unspecified atom stereocenters. The van der Waals surface area contributed by atoms with Gasteiger partial charge in [-0.25, -0.2) is 4.39 Å². The van der Waals surface area contributed by atoms with Gasteiger partial charge in [0.15, 0.2) is 12.1 Å². The molecule has 4 rings (SSSR count). The highest BCUT2D eigenvalue weighted by atomic mass is 31.2. The average Bonchev–Trinajstić information content (AvgIpc) is 3.42. The van der Waals surface area contributed by atoms with Crippen molar-refractivity contribution in [1.29, 1.82) is 0 Å². The van der Waals surface area contributed by atoms with Gasteiger partial charge in [-0.05, 0) is 30.7 Å². The third kappa shape index (κ3) is 6.43. The number of ketones is 1. The number of benzene rings is 2. The third-order valence-electron chi connectivity index (χ3n) is 6.12. The summed E-state index contributed by atoms with van der Waals surface area (Å²) in [7, 11) is -4.40. The first-order valence-electron chi connectivity index (χ1n) is 11.6. The monoisotopic (exact) mass is 531 g/mol. The number of carbonyl (C=O) groups excluding carboxylic acids is 3. The minimum absolute atomic E-state index is 0.0994. The zero-order valence-electron chi connectivity index (χ0n) is 20.0. The maximum atomic E-state index is 14.3. The Balaban J connectivity index is 1.52. The molecule has 0 saturated carbocycles. The van der Waals surface area contributed by atoms with Gasteiger partial charge in [-0.2, -0.15) is 0 Å². The molecule has 10 nitrogen and oxygen atoms in total. The molecule has 1 aliphatic rings. The number of hydrogen-bond acceptors (Lipinski definition) is 5. The van der Waals surface area contributed by atoms with Crippen molar-refractivity contribution >= 4 is 36.1 Å². The number of nitrogens with zero attached hydrogens (tertiary/aromatic N) is 2. The lowest BCUT2D eigenvalue weighted by Gasteiger charge is -2.24. The minimum atomic E-state index is -4.40. The van der Waals surface area contributed by atoms with E-state index in [4.69, 9.17) is 14.5 Å². The average molecular weight is 531 g/mol. The number of rotatable bonds is 9. The Morgan fingerprint density at radius 3 is 2.57 bits per heavy atom. The van der Waals surface area contributed by atoms with E-state index in [1.165, 1.54) is 34.7 Å². The van der Waals surface area contributed by atoms with Crippen LogP contribution in [0.25, 0.3) is 10.9 Å². The third-order valence-corrected chi connectivity index (χ3v) is 6.58. The fraction of sp³-hybridized carbons (Fsp3) is 0.320. The number of carbonyl (C=O) groups is 3. The van der Waals surface area contributed by atoms with E-state index in [9.17, 15) is 23.3 Å². The predicted molar refractivity (Wildman–Crippen MR) is 133 cm³/mol. The second kappa shape index (κ2) is 10.8. The normalized spacial score (nSPS) is 17.7. The summed E-state index contributed by atoms with van der Waals surface area (Å²) in [6, 6.07) is 12.8. The molecule has 2 aromatic carbocycles. The van der Waals surface area contributed by atoms with Crippen LogP contribution >= 0.6 is 7.60 Å². The number of nitrogens with one attached hydrogen (secondary N) is 1. The van der Waals surface area contributed by atoms with Gasteiger partial charge in [0.05, 0.1) is 6.54 Å². The summed E-state index contributed by atoms with van der Waals surface area (Å²) in [5.74, 6) is -1.05. The lowest BCUT2D eigenvalue weighted by molar-refractivity contribution is -0.139. The van der Waals surface area contributed by atoms with Gasteiger partial charge in [-0.15, -0.1) is 0 Å². The van der Waals surface area contributed by atoms with Gasteiger partial charge < -0.3 is 29.3 Å². The SMILES string of the molecule is CC(=O)c1cn(CC(=O)N2C[C@H](F)C[C@H]2C(=O)NCc2ccccc2)c2ccc(OCP(=O)(O)O)cc12. The molecule has 12 heteroatoms. The van der Waals surface area contributed by atoms with Crippen LogP contribution in [-0.4, -0.2) is 62.0 Å². The molecule has 2 heterocycles. The van der Waals surface area contributed by atoms with Crippen LogP contribution in [0.4, 0.5) is 4.39 Å². The van der Waals surface area contributed by atoms with E-state index in [-0.39, 0.29) is 43.2 Å². The molecule has 1 aromatic heterocycles. The van der Waals surface area contributed by atoms with Gasteiger partial charge >= 0.3 is 7.60 Å². The molecule has 3 aromatic rings. The zero-order valence-corrected chi connectivity index (χ0v) is 20.9. The molecule has 0 spiro atoms. The van der Waals surface area contributed by atoms with Crippen molar-refractivity contribution in [3.8, 4) is 5.75 Å². The van der Waals surface area contributed by atoms with E-state index in [2.05, 4.69) is 5.32 Å². The molecule has 1 saturated heterocycles. The quantitative estimate of drug-likeness (QED) is 0.285. The van der Waals surface area contributed by atoms with E-state index in [1.807, 2.05) is 30.3 Å². The van der Waals surface area contributed by atoms with E-state index in [0.29, 0.717) is 10.9 Å². The van der Waals surface area contributed by atoms with Crippen molar-refractivity contribution in [3.05, 3.63) is 65.9 Å². The lowest BCUT2D eigenvalue weighted by Crippen LogP contribution is -2.46. The van der Waals surface area contributed by atoms with Crippen molar-refractivity contribution < 1.29 is 37.9 Å². The van der Waals surface area contributed by atoms with Gasteiger partial charge in [-0.1, -0.05) is 30.3 Å². The van der Waals surface area contributed by atoms with Crippen LogP contribution in [0.1, 0.15) is 29.3 Å². The van der Waals surface area contributed by atoms with Crippen LogP contribution in [0, 0.1) is 0 Å². The number of hydrogen-bond donors (Lipinski definition) is 3. The highest BCUT2D eigenvalue weighted by molar-refractivity contribution is 7.51. The van der Waals surface area contributed by atoms with Gasteiger partial charge in [0, 0.05) is 35.6 Å². The second-order valence-electron chi connectivity index (χ2n) is 8.94. The number of halogens is 1.